The number of halogens is 2. The third-order valence-electron chi connectivity index (χ3n) is 2.09. The van der Waals surface area contributed by atoms with Crippen molar-refractivity contribution in [3.8, 4) is 11.5 Å². The minimum Gasteiger partial charge on any atom is -0.504 e. The lowest BCUT2D eigenvalue weighted by Gasteiger charge is -2.11. The van der Waals surface area contributed by atoms with Gasteiger partial charge in [-0.15, -0.1) is 0 Å². The Bertz CT molecular complexity index is 358. The van der Waals surface area contributed by atoms with E-state index in [1.807, 2.05) is 0 Å². The van der Waals surface area contributed by atoms with Gasteiger partial charge in [-0.1, -0.05) is 0 Å². The molecule has 0 saturated carbocycles. The van der Waals surface area contributed by atoms with Crippen LogP contribution in [0.2, 0.25) is 0 Å². The number of hydrogen-bond donors (Lipinski definition) is 2. The quantitative estimate of drug-likeness (QED) is 0.885. The number of rotatable bonds is 4. The van der Waals surface area contributed by atoms with E-state index in [4.69, 9.17) is 4.74 Å². The molecule has 0 saturated heterocycles. The summed E-state index contributed by atoms with van der Waals surface area (Å²) < 4.78 is 18.9. The van der Waals surface area contributed by atoms with Crippen LogP contribution < -0.4 is 10.1 Å². The van der Waals surface area contributed by atoms with Crippen molar-refractivity contribution in [2.45, 2.75) is 6.42 Å². The van der Waals surface area contributed by atoms with Crippen molar-refractivity contribution in [1.82, 2.24) is 5.32 Å². The summed E-state index contributed by atoms with van der Waals surface area (Å²) >= 11 is 3.12. The van der Waals surface area contributed by atoms with Crippen molar-refractivity contribution in [2.24, 2.45) is 0 Å². The summed E-state index contributed by atoms with van der Waals surface area (Å²) in [6.45, 7) is 0.593. The van der Waals surface area contributed by atoms with Crippen LogP contribution in [-0.2, 0) is 6.42 Å². The molecule has 0 heterocycles. The number of hydrogen-bond acceptors (Lipinski definition) is 3. The Morgan fingerprint density at radius 3 is 2.80 bits per heavy atom. The minimum absolute atomic E-state index is 0.139. The fraction of sp³-hybridized carbons (Fsp3) is 0.400. The van der Waals surface area contributed by atoms with Crippen LogP contribution in [0.25, 0.3) is 0 Å². The SMILES string of the molecule is CNCCc1c(F)cc(Br)c(OC)c1O. The van der Waals surface area contributed by atoms with E-state index in [2.05, 4.69) is 21.2 Å². The number of phenolic OH excluding ortho intramolecular Hbond substituents is 1. The molecule has 0 aromatic heterocycles. The molecule has 84 valence electrons. The lowest BCUT2D eigenvalue weighted by atomic mass is 10.1. The number of phenols is 1. The normalized spacial score (nSPS) is 10.4. The fourth-order valence-corrected chi connectivity index (χ4v) is 1.86. The Balaban J connectivity index is 3.14. The maximum atomic E-state index is 13.5. The van der Waals surface area contributed by atoms with Crippen molar-refractivity contribution >= 4 is 15.9 Å². The van der Waals surface area contributed by atoms with Crippen LogP contribution in [-0.4, -0.2) is 25.8 Å². The van der Waals surface area contributed by atoms with Gasteiger partial charge in [-0.2, -0.15) is 0 Å². The van der Waals surface area contributed by atoms with Crippen LogP contribution in [0, 0.1) is 5.82 Å². The number of ether oxygens (including phenoxy) is 1. The van der Waals surface area contributed by atoms with Gasteiger partial charge in [0, 0.05) is 5.56 Å². The zero-order valence-electron chi connectivity index (χ0n) is 8.60. The lowest BCUT2D eigenvalue weighted by Crippen LogP contribution is -2.11. The molecule has 0 atom stereocenters. The second-order valence-corrected chi connectivity index (χ2v) is 3.91. The molecule has 0 amide bonds. The van der Waals surface area contributed by atoms with Crippen molar-refractivity contribution in [3.05, 3.63) is 21.9 Å². The Morgan fingerprint density at radius 2 is 2.27 bits per heavy atom. The van der Waals surface area contributed by atoms with Crippen LogP contribution in [0.15, 0.2) is 10.5 Å². The molecule has 0 aliphatic carbocycles. The number of aromatic hydroxyl groups is 1. The Labute approximate surface area is 96.4 Å². The highest BCUT2D eigenvalue weighted by atomic mass is 79.9. The number of likely N-dealkylation sites (N-methyl/N-ethyl adjacent to an activating group) is 1. The second kappa shape index (κ2) is 5.32. The fourth-order valence-electron chi connectivity index (χ4n) is 1.31. The highest BCUT2D eigenvalue weighted by Gasteiger charge is 2.16. The topological polar surface area (TPSA) is 41.5 Å². The van der Waals surface area contributed by atoms with E-state index in [9.17, 15) is 9.50 Å². The molecule has 1 rings (SSSR count). The summed E-state index contributed by atoms with van der Waals surface area (Å²) in [7, 11) is 3.20. The first-order valence-corrected chi connectivity index (χ1v) is 5.29. The summed E-state index contributed by atoms with van der Waals surface area (Å²) in [6.07, 6.45) is 0.414. The Hall–Kier alpha value is -0.810. The van der Waals surface area contributed by atoms with Crippen LogP contribution in [0.3, 0.4) is 0 Å². The molecule has 1 aromatic carbocycles. The van der Waals surface area contributed by atoms with Gasteiger partial charge in [0.1, 0.15) is 5.82 Å². The maximum absolute atomic E-state index is 13.5. The first-order valence-electron chi connectivity index (χ1n) is 4.50. The highest BCUT2D eigenvalue weighted by Crippen LogP contribution is 2.38. The summed E-state index contributed by atoms with van der Waals surface area (Å²) in [6, 6.07) is 1.30. The third kappa shape index (κ3) is 2.60. The third-order valence-corrected chi connectivity index (χ3v) is 2.68. The van der Waals surface area contributed by atoms with E-state index in [0.717, 1.165) is 0 Å². The zero-order chi connectivity index (χ0) is 11.4. The summed E-state index contributed by atoms with van der Waals surface area (Å²) in [4.78, 5) is 0. The molecular weight excluding hydrogens is 265 g/mol. The van der Waals surface area contributed by atoms with Gasteiger partial charge in [-0.25, -0.2) is 4.39 Å². The molecule has 15 heavy (non-hydrogen) atoms. The van der Waals surface area contributed by atoms with Crippen molar-refractivity contribution < 1.29 is 14.2 Å². The van der Waals surface area contributed by atoms with E-state index in [0.29, 0.717) is 17.4 Å². The van der Waals surface area contributed by atoms with E-state index in [-0.39, 0.29) is 17.1 Å². The zero-order valence-corrected chi connectivity index (χ0v) is 10.2. The van der Waals surface area contributed by atoms with E-state index in [1.165, 1.54) is 13.2 Å². The van der Waals surface area contributed by atoms with E-state index >= 15 is 0 Å². The molecule has 0 radical (unpaired) electrons. The molecule has 0 spiro atoms. The lowest BCUT2D eigenvalue weighted by molar-refractivity contribution is 0.364. The second-order valence-electron chi connectivity index (χ2n) is 3.05. The molecule has 3 nitrogen and oxygen atoms in total. The van der Waals surface area contributed by atoms with Gasteiger partial charge in [0.15, 0.2) is 11.5 Å². The van der Waals surface area contributed by atoms with Crippen LogP contribution in [0.4, 0.5) is 4.39 Å². The van der Waals surface area contributed by atoms with Gasteiger partial charge in [0.2, 0.25) is 0 Å². The van der Waals surface area contributed by atoms with Crippen LogP contribution >= 0.6 is 15.9 Å². The van der Waals surface area contributed by atoms with E-state index in [1.54, 1.807) is 7.05 Å². The molecular formula is C10H13BrFNO2. The van der Waals surface area contributed by atoms with Crippen LogP contribution in [0.1, 0.15) is 5.56 Å². The molecule has 0 fully saturated rings. The Kier molecular flexibility index (Phi) is 4.35. The summed E-state index contributed by atoms with van der Waals surface area (Å²) in [5.74, 6) is -0.308. The molecule has 0 bridgehead atoms. The van der Waals surface area contributed by atoms with Crippen molar-refractivity contribution in [2.75, 3.05) is 20.7 Å². The standard InChI is InChI=1S/C10H13BrFNO2/c1-13-4-3-6-8(12)5-7(11)10(15-2)9(6)14/h5,13-14H,3-4H2,1-2H3. The largest absolute Gasteiger partial charge is 0.504 e. The monoisotopic (exact) mass is 277 g/mol. The first-order chi connectivity index (χ1) is 7.11. The van der Waals surface area contributed by atoms with Gasteiger partial charge in [-0.3, -0.25) is 0 Å². The average molecular weight is 278 g/mol. The average Bonchev–Trinajstić information content (AvgIpc) is 2.17. The smallest absolute Gasteiger partial charge is 0.175 e. The Morgan fingerprint density at radius 1 is 1.60 bits per heavy atom. The number of nitrogens with one attached hydrogen (secondary N) is 1. The molecule has 5 heteroatoms. The van der Waals surface area contributed by atoms with Gasteiger partial charge in [-0.05, 0) is 42.0 Å². The van der Waals surface area contributed by atoms with Crippen LogP contribution in [0.5, 0.6) is 11.5 Å². The highest BCUT2D eigenvalue weighted by molar-refractivity contribution is 9.10. The van der Waals surface area contributed by atoms with Gasteiger partial charge < -0.3 is 15.2 Å². The van der Waals surface area contributed by atoms with Crippen molar-refractivity contribution in [1.29, 1.82) is 0 Å². The van der Waals surface area contributed by atoms with Gasteiger partial charge in [0.05, 0.1) is 11.6 Å². The predicted octanol–water partition coefficient (Wildman–Crippen LogP) is 2.06. The predicted molar refractivity (Wildman–Crippen MR) is 59.9 cm³/mol. The summed E-state index contributed by atoms with van der Waals surface area (Å²) in [5, 5.41) is 12.6. The molecule has 0 aliphatic rings. The minimum atomic E-state index is -0.435. The van der Waals surface area contributed by atoms with E-state index < -0.39 is 5.82 Å². The van der Waals surface area contributed by atoms with Crippen molar-refractivity contribution in [3.63, 3.8) is 0 Å². The molecule has 2 N–H and O–H groups in total. The number of methoxy groups -OCH3 is 1. The van der Waals surface area contributed by atoms with Gasteiger partial charge in [0.25, 0.3) is 0 Å². The van der Waals surface area contributed by atoms with Gasteiger partial charge >= 0.3 is 0 Å². The first kappa shape index (κ1) is 12.3. The maximum Gasteiger partial charge on any atom is 0.175 e. The number of benzene rings is 1. The summed E-state index contributed by atoms with van der Waals surface area (Å²) in [5.41, 5.74) is 0.268. The molecule has 0 aliphatic heterocycles. The molecule has 0 unspecified atom stereocenters. The molecule has 1 aromatic rings.